The van der Waals surface area contributed by atoms with Crippen LogP contribution in [0.5, 0.6) is 0 Å². The zero-order valence-electron chi connectivity index (χ0n) is 9.08. The molecule has 0 aliphatic rings. The van der Waals surface area contributed by atoms with E-state index < -0.39 is 6.55 Å². The molecule has 1 N–H and O–H groups in total. The topological polar surface area (TPSA) is 29.9 Å². The van der Waals surface area contributed by atoms with Gasteiger partial charge in [-0.3, -0.25) is 0 Å². The van der Waals surface area contributed by atoms with Crippen LogP contribution in [0.25, 0.3) is 0 Å². The number of hydrogen-bond donors (Lipinski definition) is 1. The Hall–Kier alpha value is -0.970. The molecule has 0 bridgehead atoms. The van der Waals surface area contributed by atoms with Gasteiger partial charge in [0.25, 0.3) is 0 Å². The first kappa shape index (κ1) is 12.1. The van der Waals surface area contributed by atoms with Crippen molar-refractivity contribution in [1.82, 2.24) is 15.1 Å². The van der Waals surface area contributed by atoms with Gasteiger partial charge in [0.05, 0.1) is 5.69 Å². The van der Waals surface area contributed by atoms with E-state index in [1.807, 2.05) is 0 Å². The Labute approximate surface area is 88.5 Å². The van der Waals surface area contributed by atoms with Crippen LogP contribution in [0.15, 0.2) is 12.3 Å². The van der Waals surface area contributed by atoms with Gasteiger partial charge in [-0.05, 0) is 24.9 Å². The summed E-state index contributed by atoms with van der Waals surface area (Å²) in [6, 6.07) is 1.61. The van der Waals surface area contributed by atoms with Crippen LogP contribution >= 0.6 is 0 Å². The zero-order chi connectivity index (χ0) is 11.3. The van der Waals surface area contributed by atoms with Crippen LogP contribution in [0.3, 0.4) is 0 Å². The Morgan fingerprint density at radius 2 is 2.20 bits per heavy atom. The number of aromatic nitrogens is 2. The molecule has 1 rings (SSSR count). The minimum absolute atomic E-state index is 0.548. The molecule has 0 saturated carbocycles. The predicted molar refractivity (Wildman–Crippen MR) is 54.6 cm³/mol. The van der Waals surface area contributed by atoms with Crippen LogP contribution < -0.4 is 5.32 Å². The first-order chi connectivity index (χ1) is 7.09. The second-order valence-corrected chi connectivity index (χ2v) is 3.92. The molecule has 0 atom stereocenters. The summed E-state index contributed by atoms with van der Waals surface area (Å²) in [5, 5.41) is 6.90. The van der Waals surface area contributed by atoms with E-state index in [0.717, 1.165) is 13.0 Å². The lowest BCUT2D eigenvalue weighted by atomic mass is 10.1. The number of rotatable bonds is 6. The van der Waals surface area contributed by atoms with Crippen LogP contribution in [0.2, 0.25) is 0 Å². The molecule has 1 aromatic rings. The normalized spacial score (nSPS) is 11.6. The van der Waals surface area contributed by atoms with E-state index >= 15 is 0 Å². The maximum absolute atomic E-state index is 12.2. The SMILES string of the molecule is CC(C)CCNCc1ccn(C(F)F)n1. The lowest BCUT2D eigenvalue weighted by Gasteiger charge is -2.05. The standard InChI is InChI=1S/C10H17F2N3/c1-8(2)3-5-13-7-9-4-6-15(14-9)10(11)12/h4,6,8,10,13H,3,5,7H2,1-2H3. The van der Waals surface area contributed by atoms with E-state index in [4.69, 9.17) is 0 Å². The Bertz CT molecular complexity index is 284. The van der Waals surface area contributed by atoms with Crippen molar-refractivity contribution >= 4 is 0 Å². The molecule has 0 aliphatic carbocycles. The molecule has 1 heterocycles. The summed E-state index contributed by atoms with van der Waals surface area (Å²) < 4.78 is 25.0. The summed E-state index contributed by atoms with van der Waals surface area (Å²) in [4.78, 5) is 0. The van der Waals surface area contributed by atoms with Gasteiger partial charge in [0.1, 0.15) is 0 Å². The second kappa shape index (κ2) is 5.80. The Balaban J connectivity index is 2.26. The van der Waals surface area contributed by atoms with E-state index in [1.165, 1.54) is 6.20 Å². The van der Waals surface area contributed by atoms with Crippen molar-refractivity contribution in [2.45, 2.75) is 33.4 Å². The summed E-state index contributed by atoms with van der Waals surface area (Å²) in [7, 11) is 0. The fraction of sp³-hybridized carbons (Fsp3) is 0.700. The molecular formula is C10H17F2N3. The lowest BCUT2D eigenvalue weighted by Crippen LogP contribution is -2.16. The maximum Gasteiger partial charge on any atom is 0.333 e. The molecule has 15 heavy (non-hydrogen) atoms. The third kappa shape index (κ3) is 4.38. The van der Waals surface area contributed by atoms with E-state index in [2.05, 4.69) is 24.3 Å². The minimum atomic E-state index is -2.55. The second-order valence-electron chi connectivity index (χ2n) is 3.92. The van der Waals surface area contributed by atoms with Crippen LogP contribution in [0, 0.1) is 5.92 Å². The van der Waals surface area contributed by atoms with Crippen LogP contribution in [-0.4, -0.2) is 16.3 Å². The molecule has 0 saturated heterocycles. The fourth-order valence-corrected chi connectivity index (χ4v) is 1.19. The Morgan fingerprint density at radius 1 is 1.47 bits per heavy atom. The van der Waals surface area contributed by atoms with Gasteiger partial charge in [0, 0.05) is 12.7 Å². The van der Waals surface area contributed by atoms with E-state index in [-0.39, 0.29) is 0 Å². The van der Waals surface area contributed by atoms with Gasteiger partial charge in [-0.2, -0.15) is 13.9 Å². The molecule has 0 radical (unpaired) electrons. The average Bonchev–Trinajstić information content (AvgIpc) is 2.60. The predicted octanol–water partition coefficient (Wildman–Crippen LogP) is 2.41. The van der Waals surface area contributed by atoms with Crippen molar-refractivity contribution in [3.63, 3.8) is 0 Å². The maximum atomic E-state index is 12.2. The summed E-state index contributed by atoms with van der Waals surface area (Å²) >= 11 is 0. The van der Waals surface area contributed by atoms with Gasteiger partial charge in [-0.25, -0.2) is 4.68 Å². The van der Waals surface area contributed by atoms with Crippen LogP contribution in [0.1, 0.15) is 32.5 Å². The highest BCUT2D eigenvalue weighted by molar-refractivity contribution is 4.98. The number of hydrogen-bond acceptors (Lipinski definition) is 2. The highest BCUT2D eigenvalue weighted by atomic mass is 19.3. The van der Waals surface area contributed by atoms with Crippen molar-refractivity contribution in [3.8, 4) is 0 Å². The van der Waals surface area contributed by atoms with Crippen molar-refractivity contribution in [1.29, 1.82) is 0 Å². The molecule has 3 nitrogen and oxygen atoms in total. The summed E-state index contributed by atoms with van der Waals surface area (Å²) in [5.41, 5.74) is 0.652. The molecule has 0 spiro atoms. The number of nitrogens with one attached hydrogen (secondary N) is 1. The van der Waals surface area contributed by atoms with Gasteiger partial charge >= 0.3 is 6.55 Å². The largest absolute Gasteiger partial charge is 0.333 e. The van der Waals surface area contributed by atoms with Gasteiger partial charge in [0.15, 0.2) is 0 Å². The third-order valence-electron chi connectivity index (χ3n) is 2.07. The summed E-state index contributed by atoms with van der Waals surface area (Å²) in [6.45, 7) is 3.18. The Morgan fingerprint density at radius 3 is 2.73 bits per heavy atom. The first-order valence-corrected chi connectivity index (χ1v) is 5.12. The van der Waals surface area contributed by atoms with E-state index in [1.54, 1.807) is 6.07 Å². The monoisotopic (exact) mass is 217 g/mol. The van der Waals surface area contributed by atoms with Gasteiger partial charge < -0.3 is 5.32 Å². The number of halogens is 2. The van der Waals surface area contributed by atoms with Crippen LogP contribution in [0.4, 0.5) is 8.78 Å². The van der Waals surface area contributed by atoms with Gasteiger partial charge in [-0.15, -0.1) is 0 Å². The van der Waals surface area contributed by atoms with Crippen molar-refractivity contribution < 1.29 is 8.78 Å². The minimum Gasteiger partial charge on any atom is -0.311 e. The molecule has 5 heteroatoms. The van der Waals surface area contributed by atoms with E-state index in [9.17, 15) is 8.78 Å². The molecular weight excluding hydrogens is 200 g/mol. The summed E-state index contributed by atoms with van der Waals surface area (Å²) in [5.74, 6) is 0.649. The molecule has 0 fully saturated rings. The van der Waals surface area contributed by atoms with Crippen LogP contribution in [-0.2, 0) is 6.54 Å². The zero-order valence-corrected chi connectivity index (χ0v) is 9.08. The quantitative estimate of drug-likeness (QED) is 0.741. The molecule has 0 aliphatic heterocycles. The highest BCUT2D eigenvalue weighted by Crippen LogP contribution is 2.08. The highest BCUT2D eigenvalue weighted by Gasteiger charge is 2.06. The molecule has 1 aromatic heterocycles. The van der Waals surface area contributed by atoms with E-state index in [0.29, 0.717) is 22.8 Å². The van der Waals surface area contributed by atoms with Crippen molar-refractivity contribution in [2.24, 2.45) is 5.92 Å². The number of nitrogens with zero attached hydrogens (tertiary/aromatic N) is 2. The van der Waals surface area contributed by atoms with Crippen molar-refractivity contribution in [3.05, 3.63) is 18.0 Å². The molecule has 0 aromatic carbocycles. The van der Waals surface area contributed by atoms with Gasteiger partial charge in [0.2, 0.25) is 0 Å². The number of alkyl halides is 2. The fourth-order valence-electron chi connectivity index (χ4n) is 1.19. The lowest BCUT2D eigenvalue weighted by molar-refractivity contribution is 0.0561. The third-order valence-corrected chi connectivity index (χ3v) is 2.07. The molecule has 86 valence electrons. The Kier molecular flexibility index (Phi) is 4.68. The van der Waals surface area contributed by atoms with Crippen molar-refractivity contribution in [2.75, 3.05) is 6.54 Å². The van der Waals surface area contributed by atoms with Gasteiger partial charge in [-0.1, -0.05) is 13.8 Å². The average molecular weight is 217 g/mol. The summed E-state index contributed by atoms with van der Waals surface area (Å²) in [6.07, 6.45) is 2.37. The first-order valence-electron chi connectivity index (χ1n) is 5.12. The molecule has 0 amide bonds. The molecule has 0 unspecified atom stereocenters. The smallest absolute Gasteiger partial charge is 0.311 e.